The number of hydrogen-bond donors (Lipinski definition) is 2. The first-order valence-electron chi connectivity index (χ1n) is 11.7. The zero-order valence-electron chi connectivity index (χ0n) is 20.8. The Morgan fingerprint density at radius 2 is 1.89 bits per heavy atom. The van der Waals surface area contributed by atoms with Crippen molar-refractivity contribution in [3.05, 3.63) is 89.9 Å². The smallest absolute Gasteiger partial charge is 0.410 e. The fourth-order valence-corrected chi connectivity index (χ4v) is 3.78. The second-order valence-electron chi connectivity index (χ2n) is 8.96. The van der Waals surface area contributed by atoms with Gasteiger partial charge in [-0.25, -0.2) is 9.18 Å². The Balaban J connectivity index is 0.000000527. The molecule has 0 bridgehead atoms. The molecule has 2 amide bonds. The number of halogens is 1. The van der Waals surface area contributed by atoms with Gasteiger partial charge in [0.25, 0.3) is 0 Å². The van der Waals surface area contributed by atoms with Gasteiger partial charge >= 0.3 is 6.09 Å². The average Bonchev–Trinajstić information content (AvgIpc) is 2.82. The van der Waals surface area contributed by atoms with Gasteiger partial charge in [-0.05, 0) is 62.6 Å². The minimum Gasteiger partial charge on any atom is -0.446 e. The third-order valence-electron chi connectivity index (χ3n) is 5.59. The van der Waals surface area contributed by atoms with Crippen molar-refractivity contribution < 1.29 is 23.8 Å². The zero-order valence-corrected chi connectivity index (χ0v) is 20.8. The molecular formula is C28H35FN2O4. The fourth-order valence-electron chi connectivity index (χ4n) is 3.78. The van der Waals surface area contributed by atoms with E-state index in [2.05, 4.69) is 5.32 Å². The van der Waals surface area contributed by atoms with Crippen LogP contribution in [0.25, 0.3) is 5.57 Å². The lowest BCUT2D eigenvalue weighted by Crippen LogP contribution is -2.45. The summed E-state index contributed by atoms with van der Waals surface area (Å²) in [6, 6.07) is 15.8. The molecular weight excluding hydrogens is 447 g/mol. The van der Waals surface area contributed by atoms with Gasteiger partial charge < -0.3 is 20.1 Å². The second kappa shape index (κ2) is 13.4. The van der Waals surface area contributed by atoms with Crippen LogP contribution in [0.5, 0.6) is 0 Å². The zero-order chi connectivity index (χ0) is 25.8. The summed E-state index contributed by atoms with van der Waals surface area (Å²) in [5.74, 6) is -0.178. The molecule has 1 heterocycles. The highest BCUT2D eigenvalue weighted by molar-refractivity contribution is 5.74. The van der Waals surface area contributed by atoms with Crippen molar-refractivity contribution in [2.24, 2.45) is 0 Å². The number of nitrogens with zero attached hydrogens (tertiary/aromatic N) is 1. The standard InChI is InChI=1S/C22H30N2O4.C6H5F/c1-5-17(10-12-23-15-25)19-8-6-18(7-9-19)16(2)24-13-11-20(28-21(24)26)14-22(3,4)27;7-6-4-2-1-3-5-6/h5-10,12,15-16,20,27H,11,13-14H2,1-4H3,(H,23,25);1-5H/b12-10-,17-5+;. The van der Waals surface area contributed by atoms with E-state index in [-0.39, 0.29) is 24.1 Å². The molecule has 2 aromatic rings. The SMILES string of the molecule is C/C=C(\C=C/NC=O)c1ccc(C(C)N2CCC(CC(C)(C)O)OC2=O)cc1.Fc1ccccc1. The van der Waals surface area contributed by atoms with Gasteiger partial charge in [-0.2, -0.15) is 0 Å². The Morgan fingerprint density at radius 3 is 2.37 bits per heavy atom. The van der Waals surface area contributed by atoms with Crippen LogP contribution in [0.3, 0.4) is 0 Å². The lowest BCUT2D eigenvalue weighted by atomic mass is 9.97. The highest BCUT2D eigenvalue weighted by Gasteiger charge is 2.33. The van der Waals surface area contributed by atoms with Crippen LogP contribution in [-0.2, 0) is 9.53 Å². The summed E-state index contributed by atoms with van der Waals surface area (Å²) in [7, 11) is 0. The van der Waals surface area contributed by atoms with Crippen molar-refractivity contribution in [2.45, 2.75) is 58.3 Å². The summed E-state index contributed by atoms with van der Waals surface area (Å²) in [5.41, 5.74) is 2.18. The molecule has 2 atom stereocenters. The monoisotopic (exact) mass is 482 g/mol. The minimum absolute atomic E-state index is 0.106. The Morgan fingerprint density at radius 1 is 1.23 bits per heavy atom. The molecule has 0 radical (unpaired) electrons. The van der Waals surface area contributed by atoms with Gasteiger partial charge in [-0.3, -0.25) is 4.79 Å². The molecule has 7 heteroatoms. The number of ether oxygens (including phenoxy) is 1. The van der Waals surface area contributed by atoms with Crippen molar-refractivity contribution in [1.29, 1.82) is 0 Å². The summed E-state index contributed by atoms with van der Waals surface area (Å²) >= 11 is 0. The molecule has 188 valence electrons. The molecule has 2 aromatic carbocycles. The number of nitrogens with one attached hydrogen (secondary N) is 1. The lowest BCUT2D eigenvalue weighted by Gasteiger charge is -2.37. The summed E-state index contributed by atoms with van der Waals surface area (Å²) in [6.07, 6.45) is 6.56. The van der Waals surface area contributed by atoms with Crippen molar-refractivity contribution in [2.75, 3.05) is 6.54 Å². The number of aliphatic hydroxyl groups is 1. The van der Waals surface area contributed by atoms with Gasteiger partial charge in [0.05, 0.1) is 11.6 Å². The van der Waals surface area contributed by atoms with Crippen LogP contribution < -0.4 is 5.32 Å². The van der Waals surface area contributed by atoms with Gasteiger partial charge in [0.2, 0.25) is 6.41 Å². The Bertz CT molecular complexity index is 998. The normalized spacial score (nSPS) is 17.3. The Hall–Kier alpha value is -3.45. The predicted octanol–water partition coefficient (Wildman–Crippen LogP) is 5.61. The first kappa shape index (κ1) is 27.8. The highest BCUT2D eigenvalue weighted by atomic mass is 19.1. The number of carbonyl (C=O) groups excluding carboxylic acids is 2. The van der Waals surface area contributed by atoms with Gasteiger partial charge in [0.15, 0.2) is 0 Å². The van der Waals surface area contributed by atoms with E-state index in [0.29, 0.717) is 25.8 Å². The van der Waals surface area contributed by atoms with Crippen LogP contribution in [0.15, 0.2) is 72.9 Å². The van der Waals surface area contributed by atoms with Crippen molar-refractivity contribution in [3.8, 4) is 0 Å². The minimum atomic E-state index is -0.852. The molecule has 0 aromatic heterocycles. The maximum absolute atomic E-state index is 12.4. The topological polar surface area (TPSA) is 78.9 Å². The number of cyclic esters (lactones) is 1. The third-order valence-corrected chi connectivity index (χ3v) is 5.59. The van der Waals surface area contributed by atoms with E-state index in [1.54, 1.807) is 43.1 Å². The quantitative estimate of drug-likeness (QED) is 0.379. The number of amides is 2. The summed E-state index contributed by atoms with van der Waals surface area (Å²) < 4.78 is 17.4. The van der Waals surface area contributed by atoms with Crippen molar-refractivity contribution >= 4 is 18.1 Å². The van der Waals surface area contributed by atoms with Gasteiger partial charge in [0.1, 0.15) is 11.9 Å². The number of rotatable bonds is 8. The van der Waals surface area contributed by atoms with E-state index in [9.17, 15) is 19.1 Å². The van der Waals surface area contributed by atoms with Gasteiger partial charge in [0, 0.05) is 25.6 Å². The molecule has 2 N–H and O–H groups in total. The van der Waals surface area contributed by atoms with Gasteiger partial charge in [-0.1, -0.05) is 48.5 Å². The van der Waals surface area contributed by atoms with Gasteiger partial charge in [-0.15, -0.1) is 0 Å². The van der Waals surface area contributed by atoms with E-state index in [1.807, 2.05) is 50.3 Å². The molecule has 0 aliphatic carbocycles. The first-order valence-corrected chi connectivity index (χ1v) is 11.7. The largest absolute Gasteiger partial charge is 0.446 e. The molecule has 3 rings (SSSR count). The van der Waals surface area contributed by atoms with Crippen LogP contribution in [0, 0.1) is 5.82 Å². The van der Waals surface area contributed by atoms with E-state index in [1.165, 1.54) is 12.1 Å². The van der Waals surface area contributed by atoms with Crippen LogP contribution in [-0.4, -0.2) is 40.8 Å². The molecule has 0 spiro atoms. The number of benzene rings is 2. The molecule has 1 fully saturated rings. The van der Waals surface area contributed by atoms with Crippen molar-refractivity contribution in [1.82, 2.24) is 10.2 Å². The maximum atomic E-state index is 12.4. The Kier molecular flexibility index (Phi) is 10.7. The van der Waals surface area contributed by atoms with Crippen LogP contribution in [0.2, 0.25) is 0 Å². The molecule has 1 aliphatic rings. The number of carbonyl (C=O) groups is 2. The fraction of sp³-hybridized carbons (Fsp3) is 0.357. The number of allylic oxidation sites excluding steroid dienone is 3. The molecule has 35 heavy (non-hydrogen) atoms. The predicted molar refractivity (Wildman–Crippen MR) is 136 cm³/mol. The van der Waals surface area contributed by atoms with E-state index >= 15 is 0 Å². The summed E-state index contributed by atoms with van der Waals surface area (Å²) in [4.78, 5) is 24.5. The molecule has 6 nitrogen and oxygen atoms in total. The Labute approximate surface area is 207 Å². The van der Waals surface area contributed by atoms with E-state index in [4.69, 9.17) is 4.74 Å². The van der Waals surface area contributed by atoms with E-state index < -0.39 is 5.60 Å². The molecule has 1 saturated heterocycles. The van der Waals surface area contributed by atoms with Crippen LogP contribution >= 0.6 is 0 Å². The second-order valence-corrected chi connectivity index (χ2v) is 8.96. The van der Waals surface area contributed by atoms with Crippen LogP contribution in [0.4, 0.5) is 9.18 Å². The molecule has 0 saturated carbocycles. The van der Waals surface area contributed by atoms with Crippen molar-refractivity contribution in [3.63, 3.8) is 0 Å². The van der Waals surface area contributed by atoms with Crippen LogP contribution in [0.1, 0.15) is 57.7 Å². The molecule has 2 unspecified atom stereocenters. The highest BCUT2D eigenvalue weighted by Crippen LogP contribution is 2.29. The summed E-state index contributed by atoms with van der Waals surface area (Å²) in [5, 5.41) is 12.4. The number of hydrogen-bond acceptors (Lipinski definition) is 4. The first-order chi connectivity index (χ1) is 16.6. The average molecular weight is 483 g/mol. The third kappa shape index (κ3) is 9.37. The lowest BCUT2D eigenvalue weighted by molar-refractivity contribution is -0.108. The van der Waals surface area contributed by atoms with E-state index in [0.717, 1.165) is 16.7 Å². The summed E-state index contributed by atoms with van der Waals surface area (Å²) in [6.45, 7) is 7.96. The molecule has 1 aliphatic heterocycles. The maximum Gasteiger partial charge on any atom is 0.410 e.